The van der Waals surface area contributed by atoms with Crippen LogP contribution in [-0.4, -0.2) is 9.78 Å². The third-order valence-electron chi connectivity index (χ3n) is 6.43. The standard InChI is InChI=1S/C25H29N3.C6H10/c1-6-22-11-9-12-23(15-22)17-26-25(28-21(5)20(4)16-27-28)14-19(3)24-13-8-7-10-18(24)2;1-5(2)6-3-4-6/h7-16,26H,3,6,17H2,1-2,4-5H3;6H,1,3-4H2,2H3/b25-14-;. The fourth-order valence-corrected chi connectivity index (χ4v) is 3.83. The molecule has 0 aliphatic heterocycles. The number of allylic oxidation sites excluding steroid dienone is 3. The normalized spacial score (nSPS) is 13.1. The molecule has 3 nitrogen and oxygen atoms in total. The summed E-state index contributed by atoms with van der Waals surface area (Å²) in [7, 11) is 0. The molecule has 1 saturated carbocycles. The molecule has 1 aliphatic rings. The van der Waals surface area contributed by atoms with Gasteiger partial charge in [0.1, 0.15) is 5.82 Å². The Hall–Kier alpha value is -3.33. The third-order valence-corrected chi connectivity index (χ3v) is 6.43. The fourth-order valence-electron chi connectivity index (χ4n) is 3.83. The van der Waals surface area contributed by atoms with Gasteiger partial charge in [-0.05, 0) is 92.3 Å². The van der Waals surface area contributed by atoms with Crippen LogP contribution in [0.1, 0.15) is 60.2 Å². The molecule has 178 valence electrons. The highest BCUT2D eigenvalue weighted by Gasteiger charge is 2.20. The van der Waals surface area contributed by atoms with Crippen LogP contribution in [0.2, 0.25) is 0 Å². The number of benzene rings is 2. The molecular formula is C31H39N3. The Kier molecular flexibility index (Phi) is 8.70. The quantitative estimate of drug-likeness (QED) is 0.280. The van der Waals surface area contributed by atoms with Gasteiger partial charge in [0.2, 0.25) is 0 Å². The van der Waals surface area contributed by atoms with E-state index >= 15 is 0 Å². The van der Waals surface area contributed by atoms with Crippen LogP contribution < -0.4 is 5.32 Å². The summed E-state index contributed by atoms with van der Waals surface area (Å²) in [6, 6.07) is 17.0. The highest BCUT2D eigenvalue weighted by atomic mass is 15.3. The number of aromatic nitrogens is 2. The van der Waals surface area contributed by atoms with Crippen molar-refractivity contribution in [1.29, 1.82) is 0 Å². The Morgan fingerprint density at radius 3 is 2.29 bits per heavy atom. The maximum atomic E-state index is 4.58. The number of hydrogen-bond acceptors (Lipinski definition) is 2. The molecule has 0 radical (unpaired) electrons. The largest absolute Gasteiger partial charge is 0.366 e. The molecule has 0 atom stereocenters. The molecule has 1 aromatic heterocycles. The minimum Gasteiger partial charge on any atom is -0.366 e. The van der Waals surface area contributed by atoms with Gasteiger partial charge in [-0.15, -0.1) is 0 Å². The van der Waals surface area contributed by atoms with E-state index in [0.29, 0.717) is 0 Å². The molecule has 3 aromatic rings. The van der Waals surface area contributed by atoms with Gasteiger partial charge in [0.25, 0.3) is 0 Å². The molecule has 0 bridgehead atoms. The van der Waals surface area contributed by atoms with E-state index in [1.807, 2.05) is 16.9 Å². The van der Waals surface area contributed by atoms with Gasteiger partial charge in [-0.1, -0.05) is 74.2 Å². The molecule has 0 amide bonds. The first-order valence-corrected chi connectivity index (χ1v) is 12.3. The fraction of sp³-hybridized carbons (Fsp3) is 0.323. The molecule has 0 spiro atoms. The first-order chi connectivity index (χ1) is 16.3. The van der Waals surface area contributed by atoms with Gasteiger partial charge in [0.15, 0.2) is 0 Å². The van der Waals surface area contributed by atoms with E-state index in [2.05, 4.69) is 107 Å². The van der Waals surface area contributed by atoms with E-state index in [0.717, 1.165) is 41.5 Å². The van der Waals surface area contributed by atoms with Crippen molar-refractivity contribution in [2.45, 2.75) is 60.4 Å². The predicted molar refractivity (Wildman–Crippen MR) is 146 cm³/mol. The number of rotatable bonds is 8. The first kappa shape index (κ1) is 25.3. The van der Waals surface area contributed by atoms with Gasteiger partial charge < -0.3 is 5.32 Å². The van der Waals surface area contributed by atoms with Crippen molar-refractivity contribution in [2.75, 3.05) is 0 Å². The maximum absolute atomic E-state index is 4.58. The summed E-state index contributed by atoms with van der Waals surface area (Å²) in [5, 5.41) is 8.15. The average Bonchev–Trinajstić information content (AvgIpc) is 3.64. The summed E-state index contributed by atoms with van der Waals surface area (Å²) in [5.41, 5.74) is 9.60. The molecule has 2 aromatic carbocycles. The van der Waals surface area contributed by atoms with E-state index in [4.69, 9.17) is 0 Å². The number of nitrogens with one attached hydrogen (secondary N) is 1. The average molecular weight is 454 g/mol. The lowest BCUT2D eigenvalue weighted by molar-refractivity contribution is 0.755. The Morgan fingerprint density at radius 2 is 1.74 bits per heavy atom. The van der Waals surface area contributed by atoms with Gasteiger partial charge in [0.05, 0.1) is 6.20 Å². The van der Waals surface area contributed by atoms with Gasteiger partial charge in [0, 0.05) is 12.2 Å². The Bertz CT molecular complexity index is 1170. The zero-order valence-corrected chi connectivity index (χ0v) is 21.5. The molecule has 0 unspecified atom stereocenters. The van der Waals surface area contributed by atoms with Crippen molar-refractivity contribution in [3.05, 3.63) is 113 Å². The summed E-state index contributed by atoms with van der Waals surface area (Å²) >= 11 is 0. The lowest BCUT2D eigenvalue weighted by Gasteiger charge is -2.15. The van der Waals surface area contributed by atoms with E-state index in [1.54, 1.807) is 0 Å². The molecule has 3 heteroatoms. The third kappa shape index (κ3) is 6.84. The Balaban J connectivity index is 0.000000469. The Labute approximate surface area is 205 Å². The van der Waals surface area contributed by atoms with Crippen molar-refractivity contribution in [3.63, 3.8) is 0 Å². The number of hydrogen-bond donors (Lipinski definition) is 1. The van der Waals surface area contributed by atoms with Crippen LogP contribution in [0.15, 0.2) is 79.5 Å². The van der Waals surface area contributed by atoms with Gasteiger partial charge in [-0.25, -0.2) is 4.68 Å². The van der Waals surface area contributed by atoms with Gasteiger partial charge in [-0.3, -0.25) is 0 Å². The topological polar surface area (TPSA) is 29.9 Å². The summed E-state index contributed by atoms with van der Waals surface area (Å²) in [6.45, 7) is 19.4. The minimum absolute atomic E-state index is 0.735. The summed E-state index contributed by atoms with van der Waals surface area (Å²) in [6.07, 6.45) is 7.83. The van der Waals surface area contributed by atoms with Crippen molar-refractivity contribution in [1.82, 2.24) is 15.1 Å². The van der Waals surface area contributed by atoms with Crippen LogP contribution in [0.4, 0.5) is 0 Å². The highest BCUT2D eigenvalue weighted by Crippen LogP contribution is 2.34. The molecule has 1 heterocycles. The van der Waals surface area contributed by atoms with Crippen LogP contribution in [0.3, 0.4) is 0 Å². The Morgan fingerprint density at radius 1 is 1.03 bits per heavy atom. The van der Waals surface area contributed by atoms with Crippen molar-refractivity contribution >= 4 is 11.4 Å². The lowest BCUT2D eigenvalue weighted by Crippen LogP contribution is -2.19. The zero-order chi connectivity index (χ0) is 24.7. The van der Waals surface area contributed by atoms with Gasteiger partial charge in [-0.2, -0.15) is 5.10 Å². The molecule has 4 rings (SSSR count). The predicted octanol–water partition coefficient (Wildman–Crippen LogP) is 7.64. The molecule has 1 fully saturated rings. The van der Waals surface area contributed by atoms with Crippen LogP contribution >= 0.6 is 0 Å². The van der Waals surface area contributed by atoms with E-state index < -0.39 is 0 Å². The molecule has 1 N–H and O–H groups in total. The SMILES string of the molecule is C=C(/C=C(/NCc1cccc(CC)c1)n1ncc(C)c1C)c1ccccc1C.C=C(C)C1CC1. The van der Waals surface area contributed by atoms with Crippen molar-refractivity contribution < 1.29 is 0 Å². The van der Waals surface area contributed by atoms with Crippen molar-refractivity contribution in [3.8, 4) is 0 Å². The molecular weight excluding hydrogens is 414 g/mol. The smallest absolute Gasteiger partial charge is 0.128 e. The van der Waals surface area contributed by atoms with Gasteiger partial charge >= 0.3 is 0 Å². The van der Waals surface area contributed by atoms with E-state index in [-0.39, 0.29) is 0 Å². The van der Waals surface area contributed by atoms with Crippen LogP contribution in [0, 0.1) is 26.7 Å². The maximum Gasteiger partial charge on any atom is 0.128 e. The first-order valence-electron chi connectivity index (χ1n) is 12.3. The molecule has 34 heavy (non-hydrogen) atoms. The number of nitrogens with zero attached hydrogens (tertiary/aromatic N) is 2. The zero-order valence-electron chi connectivity index (χ0n) is 21.5. The van der Waals surface area contributed by atoms with Crippen LogP contribution in [-0.2, 0) is 13.0 Å². The summed E-state index contributed by atoms with van der Waals surface area (Å²) in [4.78, 5) is 0. The minimum atomic E-state index is 0.735. The summed E-state index contributed by atoms with van der Waals surface area (Å²) < 4.78 is 1.96. The molecule has 1 aliphatic carbocycles. The lowest BCUT2D eigenvalue weighted by atomic mass is 10.0. The van der Waals surface area contributed by atoms with Crippen LogP contribution in [0.25, 0.3) is 11.4 Å². The second-order valence-electron chi connectivity index (χ2n) is 9.34. The van der Waals surface area contributed by atoms with Crippen molar-refractivity contribution in [2.24, 2.45) is 5.92 Å². The highest BCUT2D eigenvalue weighted by molar-refractivity contribution is 5.79. The number of aryl methyl sites for hydroxylation is 3. The van der Waals surface area contributed by atoms with E-state index in [1.165, 1.54) is 40.7 Å². The molecule has 0 saturated heterocycles. The van der Waals surface area contributed by atoms with E-state index in [9.17, 15) is 0 Å². The second-order valence-corrected chi connectivity index (χ2v) is 9.34. The monoisotopic (exact) mass is 453 g/mol. The second kappa shape index (κ2) is 11.7. The van der Waals surface area contributed by atoms with Crippen LogP contribution in [0.5, 0.6) is 0 Å². The summed E-state index contributed by atoms with van der Waals surface area (Å²) in [5.74, 6) is 1.84.